The van der Waals surface area contributed by atoms with Crippen molar-refractivity contribution < 1.29 is 19.2 Å². The zero-order valence-electron chi connectivity index (χ0n) is 23.2. The van der Waals surface area contributed by atoms with E-state index >= 15 is 0 Å². The molecule has 1 N–H and O–H groups in total. The lowest BCUT2D eigenvalue weighted by Gasteiger charge is -2.17. The van der Waals surface area contributed by atoms with Crippen molar-refractivity contribution in [2.24, 2.45) is 0 Å². The zero-order valence-corrected chi connectivity index (χ0v) is 23.2. The first-order valence-electron chi connectivity index (χ1n) is 12.7. The number of nitrogens with zero attached hydrogens (tertiary/aromatic N) is 6. The summed E-state index contributed by atoms with van der Waals surface area (Å²) in [5.41, 5.74) is 1.56. The third-order valence-electron chi connectivity index (χ3n) is 6.55. The zero-order chi connectivity index (χ0) is 28.8. The van der Waals surface area contributed by atoms with E-state index in [1.54, 1.807) is 35.8 Å². The molecule has 4 aromatic rings. The molecule has 0 atom stereocenters. The van der Waals surface area contributed by atoms with E-state index in [1.165, 1.54) is 52.4 Å². The van der Waals surface area contributed by atoms with Crippen LogP contribution in [0.25, 0.3) is 16.7 Å². The van der Waals surface area contributed by atoms with E-state index in [0.717, 1.165) is 10.9 Å². The number of fused-ring (bicyclic) bond motifs is 1. The molecule has 0 unspecified atom stereocenters. The highest BCUT2D eigenvalue weighted by molar-refractivity contribution is 5.94. The van der Waals surface area contributed by atoms with Gasteiger partial charge in [-0.25, -0.2) is 9.78 Å². The Balaban J connectivity index is 0.000000546. The van der Waals surface area contributed by atoms with Crippen molar-refractivity contribution in [3.05, 3.63) is 70.5 Å². The van der Waals surface area contributed by atoms with Gasteiger partial charge in [0.05, 0.1) is 30.3 Å². The van der Waals surface area contributed by atoms with Crippen molar-refractivity contribution in [3.63, 3.8) is 0 Å². The first-order chi connectivity index (χ1) is 19.2. The highest BCUT2D eigenvalue weighted by Crippen LogP contribution is 2.38. The number of hydrogen-bond acceptors (Lipinski definition) is 10. The molecule has 40 heavy (non-hydrogen) atoms. The smallest absolute Gasteiger partial charge is 0.343 e. The summed E-state index contributed by atoms with van der Waals surface area (Å²) in [5, 5.41) is 15.6. The molecule has 2 aromatic carbocycles. The van der Waals surface area contributed by atoms with Crippen molar-refractivity contribution in [3.8, 4) is 11.6 Å². The molecule has 1 aliphatic rings. The first kappa shape index (κ1) is 28.3. The Morgan fingerprint density at radius 2 is 1.85 bits per heavy atom. The van der Waals surface area contributed by atoms with Gasteiger partial charge < -0.3 is 29.2 Å². The summed E-state index contributed by atoms with van der Waals surface area (Å²) in [7, 11) is 8.33. The molecule has 1 aliphatic heterocycles. The third kappa shape index (κ3) is 6.12. The van der Waals surface area contributed by atoms with Gasteiger partial charge in [0.1, 0.15) is 17.0 Å². The lowest BCUT2D eigenvalue weighted by atomic mass is 10.2. The van der Waals surface area contributed by atoms with Crippen LogP contribution in [0, 0.1) is 10.1 Å². The summed E-state index contributed by atoms with van der Waals surface area (Å²) < 4.78 is 12.1. The van der Waals surface area contributed by atoms with Gasteiger partial charge in [-0.1, -0.05) is 18.2 Å². The molecule has 2 aromatic heterocycles. The van der Waals surface area contributed by atoms with Crippen LogP contribution in [0.5, 0.6) is 5.75 Å². The lowest BCUT2D eigenvalue weighted by Crippen LogP contribution is -2.13. The number of hydrogen-bond donors (Lipinski definition) is 1. The van der Waals surface area contributed by atoms with Gasteiger partial charge in [0, 0.05) is 38.6 Å². The van der Waals surface area contributed by atoms with E-state index in [4.69, 9.17) is 9.47 Å². The van der Waals surface area contributed by atoms with Crippen LogP contribution in [-0.4, -0.2) is 78.8 Å². The molecule has 12 nitrogen and oxygen atoms in total. The number of esters is 1. The number of methoxy groups -OCH3 is 2. The van der Waals surface area contributed by atoms with E-state index < -0.39 is 10.9 Å². The normalized spacial score (nSPS) is 12.9. The van der Waals surface area contributed by atoms with Crippen molar-refractivity contribution in [2.75, 3.05) is 58.7 Å². The molecule has 1 fully saturated rings. The Morgan fingerprint density at radius 3 is 2.45 bits per heavy atom. The number of anilines is 3. The van der Waals surface area contributed by atoms with Crippen LogP contribution in [0.4, 0.5) is 23.0 Å². The second-order valence-electron chi connectivity index (χ2n) is 9.50. The van der Waals surface area contributed by atoms with E-state index in [1.807, 2.05) is 30.3 Å². The SMILES string of the molecule is CN1CCCC1.COC(=O)c1cnc(Nc2cc([N+](=O)[O-])c(N(C)C)cc2OC)nc1-n1ccc2ccccc21. The van der Waals surface area contributed by atoms with E-state index in [2.05, 4.69) is 27.2 Å². The number of benzene rings is 2. The Bertz CT molecular complexity index is 1510. The quantitative estimate of drug-likeness (QED) is 0.198. The molecule has 0 radical (unpaired) electrons. The standard InChI is InChI=1S/C23H22N6O5.C5H11N/c1-27(2)18-12-20(33-3)16(11-19(18)29(31)32)25-23-24-13-15(22(30)34-4)21(26-23)28-10-9-14-7-5-6-8-17(14)28;1-6-4-2-3-5-6/h5-13H,1-4H3,(H,24,25,26);2-5H2,1H3. The van der Waals surface area contributed by atoms with Gasteiger partial charge in [-0.3, -0.25) is 10.1 Å². The molecule has 0 saturated carbocycles. The molecule has 0 bridgehead atoms. The molecular weight excluding hydrogens is 514 g/mol. The number of aromatic nitrogens is 3. The molecule has 3 heterocycles. The van der Waals surface area contributed by atoms with Crippen molar-refractivity contribution in [1.29, 1.82) is 0 Å². The van der Waals surface area contributed by atoms with Gasteiger partial charge in [0.15, 0.2) is 5.82 Å². The van der Waals surface area contributed by atoms with Gasteiger partial charge in [-0.15, -0.1) is 0 Å². The number of likely N-dealkylation sites (tertiary alicyclic amines) is 1. The van der Waals surface area contributed by atoms with E-state index in [0.29, 0.717) is 22.9 Å². The summed E-state index contributed by atoms with van der Waals surface area (Å²) in [6.45, 7) is 2.64. The highest BCUT2D eigenvalue weighted by atomic mass is 16.6. The summed E-state index contributed by atoms with van der Waals surface area (Å²) >= 11 is 0. The molecule has 12 heteroatoms. The molecule has 0 aliphatic carbocycles. The highest BCUT2D eigenvalue weighted by Gasteiger charge is 2.22. The Kier molecular flexibility index (Phi) is 8.80. The van der Waals surface area contributed by atoms with Crippen molar-refractivity contribution >= 4 is 39.9 Å². The van der Waals surface area contributed by atoms with Crippen LogP contribution in [0.1, 0.15) is 23.2 Å². The maximum Gasteiger partial charge on any atom is 0.343 e. The predicted molar refractivity (Wildman–Crippen MR) is 154 cm³/mol. The topological polar surface area (TPSA) is 128 Å². The minimum atomic E-state index is -0.595. The van der Waals surface area contributed by atoms with E-state index in [9.17, 15) is 14.9 Å². The van der Waals surface area contributed by atoms with Gasteiger partial charge in [0.2, 0.25) is 5.95 Å². The fourth-order valence-corrected chi connectivity index (χ4v) is 4.46. The number of carbonyl (C=O) groups is 1. The van der Waals surface area contributed by atoms with Crippen LogP contribution in [0.2, 0.25) is 0 Å². The average Bonchev–Trinajstić information content (AvgIpc) is 3.61. The number of carbonyl (C=O) groups excluding carboxylic acids is 1. The molecule has 1 saturated heterocycles. The fraction of sp³-hybridized carbons (Fsp3) is 0.321. The van der Waals surface area contributed by atoms with Crippen molar-refractivity contribution in [2.45, 2.75) is 12.8 Å². The third-order valence-corrected chi connectivity index (χ3v) is 6.55. The van der Waals surface area contributed by atoms with Crippen LogP contribution in [-0.2, 0) is 4.74 Å². The predicted octanol–water partition coefficient (Wildman–Crippen LogP) is 4.65. The number of nitro benzene ring substituents is 1. The maximum atomic E-state index is 12.4. The number of ether oxygens (including phenoxy) is 2. The van der Waals surface area contributed by atoms with E-state index in [-0.39, 0.29) is 17.2 Å². The second-order valence-corrected chi connectivity index (χ2v) is 9.50. The number of para-hydroxylation sites is 1. The Hall–Kier alpha value is -4.71. The monoisotopic (exact) mass is 547 g/mol. The van der Waals surface area contributed by atoms with Crippen LogP contribution < -0.4 is 15.0 Å². The number of nitrogens with one attached hydrogen (secondary N) is 1. The largest absolute Gasteiger partial charge is 0.494 e. The first-order valence-corrected chi connectivity index (χ1v) is 12.7. The number of nitro groups is 1. The molecule has 0 spiro atoms. The summed E-state index contributed by atoms with van der Waals surface area (Å²) in [6, 6.07) is 12.5. The van der Waals surface area contributed by atoms with Crippen molar-refractivity contribution in [1.82, 2.24) is 19.4 Å². The van der Waals surface area contributed by atoms with Gasteiger partial charge in [-0.05, 0) is 50.5 Å². The minimum absolute atomic E-state index is 0.115. The summed E-state index contributed by atoms with van der Waals surface area (Å²) in [5.74, 6) is 0.181. The minimum Gasteiger partial charge on any atom is -0.494 e. The average molecular weight is 548 g/mol. The molecule has 0 amide bonds. The number of rotatable bonds is 7. The fourth-order valence-electron chi connectivity index (χ4n) is 4.46. The lowest BCUT2D eigenvalue weighted by molar-refractivity contribution is -0.384. The summed E-state index contributed by atoms with van der Waals surface area (Å²) in [6.07, 6.45) is 5.97. The van der Waals surface area contributed by atoms with Gasteiger partial charge >= 0.3 is 5.97 Å². The maximum absolute atomic E-state index is 12.4. The molecular formula is C28H33N7O5. The second kappa shape index (κ2) is 12.4. The van der Waals surface area contributed by atoms with Crippen LogP contribution >= 0.6 is 0 Å². The van der Waals surface area contributed by atoms with Crippen LogP contribution in [0.3, 0.4) is 0 Å². The Labute approximate surface area is 232 Å². The molecule has 5 rings (SSSR count). The molecule has 210 valence electrons. The van der Waals surface area contributed by atoms with Gasteiger partial charge in [0.25, 0.3) is 5.69 Å². The summed E-state index contributed by atoms with van der Waals surface area (Å²) in [4.78, 5) is 36.3. The Morgan fingerprint density at radius 1 is 1.12 bits per heavy atom. The van der Waals surface area contributed by atoms with Crippen LogP contribution in [0.15, 0.2) is 54.9 Å². The van der Waals surface area contributed by atoms with Gasteiger partial charge in [-0.2, -0.15) is 4.98 Å².